The average Bonchev–Trinajstić information content (AvgIpc) is 3.58. The minimum atomic E-state index is -4.29. The lowest BCUT2D eigenvalue weighted by Crippen LogP contribution is -2.35. The third kappa shape index (κ3) is 3.76. The molecule has 1 saturated carbocycles. The number of fused-ring (bicyclic) bond motifs is 1. The fraction of sp³-hybridized carbons (Fsp3) is 0.480. The van der Waals surface area contributed by atoms with Gasteiger partial charge in [-0.05, 0) is 73.0 Å². The summed E-state index contributed by atoms with van der Waals surface area (Å²) in [6, 6.07) is 7.77. The molecule has 0 saturated heterocycles. The molecule has 0 spiro atoms. The van der Waals surface area contributed by atoms with Gasteiger partial charge in [0.1, 0.15) is 11.6 Å². The maximum Gasteiger partial charge on any atom is 0.379 e. The van der Waals surface area contributed by atoms with Gasteiger partial charge in [-0.15, -0.1) is 0 Å². The minimum Gasteiger partial charge on any atom is -0.496 e. The number of aliphatic carboxylic acids is 1. The summed E-state index contributed by atoms with van der Waals surface area (Å²) in [5.41, 5.74) is 2.00. The summed E-state index contributed by atoms with van der Waals surface area (Å²) in [7, 11) is 3.75. The zero-order chi connectivity index (χ0) is 23.4. The molecule has 0 aromatic heterocycles. The van der Waals surface area contributed by atoms with Crippen molar-refractivity contribution < 1.29 is 27.8 Å². The van der Waals surface area contributed by atoms with E-state index in [4.69, 9.17) is 9.84 Å². The van der Waals surface area contributed by atoms with Crippen molar-refractivity contribution >= 4 is 5.97 Å². The van der Waals surface area contributed by atoms with Crippen LogP contribution < -0.4 is 4.74 Å². The first kappa shape index (κ1) is 22.6. The third-order valence-electron chi connectivity index (χ3n) is 6.99. The number of carboxylic acid groups (broad SMARTS) is 1. The number of ether oxygens (including phenoxy) is 1. The SMILES string of the molecule is COc1cc(-c2ccc(C(F)(F)C(=O)O)c(F)c2)cc2c1C(N(C)C1CC1)CCC2(C)C. The molecule has 1 fully saturated rings. The van der Waals surface area contributed by atoms with Gasteiger partial charge in [-0.2, -0.15) is 8.78 Å². The van der Waals surface area contributed by atoms with Crippen LogP contribution in [0.4, 0.5) is 13.2 Å². The molecule has 1 unspecified atom stereocenters. The van der Waals surface area contributed by atoms with Crippen molar-refractivity contribution in [2.45, 2.75) is 63.0 Å². The van der Waals surface area contributed by atoms with Crippen LogP contribution in [0.3, 0.4) is 0 Å². The molecule has 4 rings (SSSR count). The molecule has 1 atom stereocenters. The van der Waals surface area contributed by atoms with Gasteiger partial charge >= 0.3 is 11.9 Å². The maximum atomic E-state index is 14.5. The summed E-state index contributed by atoms with van der Waals surface area (Å²) in [5.74, 6) is -7.23. The van der Waals surface area contributed by atoms with Gasteiger partial charge in [0.2, 0.25) is 0 Å². The van der Waals surface area contributed by atoms with E-state index in [0.717, 1.165) is 36.1 Å². The quantitative estimate of drug-likeness (QED) is 0.600. The van der Waals surface area contributed by atoms with Crippen LogP contribution in [0.1, 0.15) is 62.3 Å². The Morgan fingerprint density at radius 3 is 2.41 bits per heavy atom. The summed E-state index contributed by atoms with van der Waals surface area (Å²) < 4.78 is 48.0. The number of hydrogen-bond acceptors (Lipinski definition) is 3. The fourth-order valence-corrected chi connectivity index (χ4v) is 4.85. The van der Waals surface area contributed by atoms with Crippen LogP contribution in [-0.4, -0.2) is 36.2 Å². The Morgan fingerprint density at radius 2 is 1.84 bits per heavy atom. The van der Waals surface area contributed by atoms with Gasteiger partial charge in [0.05, 0.1) is 12.7 Å². The van der Waals surface area contributed by atoms with Crippen LogP contribution in [0, 0.1) is 5.82 Å². The van der Waals surface area contributed by atoms with Gasteiger partial charge in [-0.3, -0.25) is 4.90 Å². The van der Waals surface area contributed by atoms with Crippen molar-refractivity contribution in [3.8, 4) is 16.9 Å². The number of nitrogens with zero attached hydrogens (tertiary/aromatic N) is 1. The van der Waals surface area contributed by atoms with Gasteiger partial charge in [-0.25, -0.2) is 9.18 Å². The number of carbonyl (C=O) groups is 1. The molecular formula is C25H28F3NO3. The lowest BCUT2D eigenvalue weighted by Gasteiger charge is -2.42. The lowest BCUT2D eigenvalue weighted by atomic mass is 9.69. The largest absolute Gasteiger partial charge is 0.496 e. The van der Waals surface area contributed by atoms with Crippen molar-refractivity contribution in [3.63, 3.8) is 0 Å². The van der Waals surface area contributed by atoms with Crippen LogP contribution in [0.15, 0.2) is 30.3 Å². The van der Waals surface area contributed by atoms with Gasteiger partial charge in [0.15, 0.2) is 0 Å². The van der Waals surface area contributed by atoms with Gasteiger partial charge in [0, 0.05) is 17.6 Å². The average molecular weight is 447 g/mol. The Bertz CT molecular complexity index is 1060. The van der Waals surface area contributed by atoms with Gasteiger partial charge in [-0.1, -0.05) is 26.0 Å². The summed E-state index contributed by atoms with van der Waals surface area (Å²) in [4.78, 5) is 13.3. The predicted octanol–water partition coefficient (Wildman–Crippen LogP) is 5.88. The number of rotatable bonds is 6. The molecule has 2 aromatic rings. The molecule has 1 N–H and O–H groups in total. The number of benzene rings is 2. The van der Waals surface area contributed by atoms with Crippen LogP contribution in [-0.2, 0) is 16.1 Å². The summed E-state index contributed by atoms with van der Waals surface area (Å²) in [6.45, 7) is 4.33. The van der Waals surface area contributed by atoms with E-state index in [1.165, 1.54) is 18.9 Å². The molecule has 4 nitrogen and oxygen atoms in total. The lowest BCUT2D eigenvalue weighted by molar-refractivity contribution is -0.166. The maximum absolute atomic E-state index is 14.5. The summed E-state index contributed by atoms with van der Waals surface area (Å²) in [6.07, 6.45) is 4.38. The molecule has 0 aliphatic heterocycles. The van der Waals surface area contributed by atoms with E-state index >= 15 is 0 Å². The van der Waals surface area contributed by atoms with E-state index in [0.29, 0.717) is 22.9 Å². The number of alkyl halides is 2. The van der Waals surface area contributed by atoms with E-state index < -0.39 is 23.3 Å². The summed E-state index contributed by atoms with van der Waals surface area (Å²) >= 11 is 0. The number of carboxylic acids is 1. The zero-order valence-corrected chi connectivity index (χ0v) is 18.7. The first-order valence-electron chi connectivity index (χ1n) is 10.8. The molecule has 2 aliphatic carbocycles. The number of hydrogen-bond donors (Lipinski definition) is 1. The molecule has 172 valence electrons. The first-order valence-corrected chi connectivity index (χ1v) is 10.8. The molecular weight excluding hydrogens is 419 g/mol. The van der Waals surface area contributed by atoms with E-state index in [1.54, 1.807) is 7.11 Å². The fourth-order valence-electron chi connectivity index (χ4n) is 4.85. The highest BCUT2D eigenvalue weighted by Gasteiger charge is 2.44. The molecule has 0 amide bonds. The van der Waals surface area contributed by atoms with E-state index in [9.17, 15) is 18.0 Å². The Kier molecular flexibility index (Phi) is 5.52. The monoisotopic (exact) mass is 447 g/mol. The van der Waals surface area contributed by atoms with Crippen LogP contribution in [0.5, 0.6) is 5.75 Å². The highest BCUT2D eigenvalue weighted by molar-refractivity contribution is 5.78. The Balaban J connectivity index is 1.82. The second-order valence-electron chi connectivity index (χ2n) is 9.55. The van der Waals surface area contributed by atoms with Crippen molar-refractivity contribution in [3.05, 3.63) is 52.8 Å². The van der Waals surface area contributed by atoms with Crippen molar-refractivity contribution in [2.24, 2.45) is 0 Å². The normalized spacial score (nSPS) is 20.2. The second kappa shape index (κ2) is 7.80. The van der Waals surface area contributed by atoms with E-state index in [-0.39, 0.29) is 11.5 Å². The molecule has 2 aliphatic rings. The second-order valence-corrected chi connectivity index (χ2v) is 9.55. The Labute approximate surface area is 186 Å². The van der Waals surface area contributed by atoms with Crippen LogP contribution in [0.2, 0.25) is 0 Å². The molecule has 2 aromatic carbocycles. The highest BCUT2D eigenvalue weighted by atomic mass is 19.3. The van der Waals surface area contributed by atoms with Crippen LogP contribution >= 0.6 is 0 Å². The number of methoxy groups -OCH3 is 1. The molecule has 0 radical (unpaired) electrons. The first-order chi connectivity index (χ1) is 15.0. The van der Waals surface area contributed by atoms with Crippen molar-refractivity contribution in [2.75, 3.05) is 14.2 Å². The topological polar surface area (TPSA) is 49.8 Å². The highest BCUT2D eigenvalue weighted by Crippen LogP contribution is 2.51. The smallest absolute Gasteiger partial charge is 0.379 e. The Hall–Kier alpha value is -2.54. The Morgan fingerprint density at radius 1 is 1.16 bits per heavy atom. The zero-order valence-electron chi connectivity index (χ0n) is 18.7. The number of halogens is 3. The van der Waals surface area contributed by atoms with E-state index in [2.05, 4.69) is 25.8 Å². The molecule has 0 bridgehead atoms. The van der Waals surface area contributed by atoms with Crippen LogP contribution in [0.25, 0.3) is 11.1 Å². The summed E-state index contributed by atoms with van der Waals surface area (Å²) in [5, 5.41) is 8.74. The minimum absolute atomic E-state index is 0.131. The predicted molar refractivity (Wildman–Crippen MR) is 116 cm³/mol. The van der Waals surface area contributed by atoms with Crippen molar-refractivity contribution in [1.29, 1.82) is 0 Å². The molecule has 7 heteroatoms. The molecule has 0 heterocycles. The van der Waals surface area contributed by atoms with E-state index in [1.807, 2.05) is 12.1 Å². The van der Waals surface area contributed by atoms with Crippen molar-refractivity contribution in [1.82, 2.24) is 4.90 Å². The standard InChI is InChI=1S/C25H28F3NO3/c1-24(2)10-9-20(29(3)16-6-7-16)22-18(24)11-15(13-21(22)32-4)14-5-8-17(19(26)12-14)25(27,28)23(30)31/h5,8,11-13,16,20H,6-7,9-10H2,1-4H3,(H,30,31). The third-order valence-corrected chi connectivity index (χ3v) is 6.99. The molecule has 32 heavy (non-hydrogen) atoms. The van der Waals surface area contributed by atoms with Gasteiger partial charge in [0.25, 0.3) is 0 Å². The van der Waals surface area contributed by atoms with Gasteiger partial charge < -0.3 is 9.84 Å².